The molecule has 74 heavy (non-hydrogen) atoms. The van der Waals surface area contributed by atoms with Gasteiger partial charge < -0.3 is 0 Å². The van der Waals surface area contributed by atoms with Crippen LogP contribution in [0.1, 0.15) is 310 Å². The molecule has 0 atom stereocenters. The van der Waals surface area contributed by atoms with Crippen LogP contribution in [-0.4, -0.2) is 54.6 Å². The van der Waals surface area contributed by atoms with E-state index < -0.39 is 0 Å². The average molecular weight is 1390 g/mol. The van der Waals surface area contributed by atoms with Crippen LogP contribution in [0, 0.1) is 12.1 Å². The standard InChI is InChI=1S/2C36H49.2Pb.4H2/c2*1-21(2)29-17-31(23(5)6)35(32(18-29)24(7)8)27-14-13-15-28(16-27)36-33(25(9)10)19-30(22(3)4)20-34(36)26(11)12;;;;;;/h2*13-15,17-26H,1-12H3;;;4*1H. The van der Waals surface area contributed by atoms with Gasteiger partial charge in [-0.3, -0.25) is 0 Å². The number of benzene rings is 6. The van der Waals surface area contributed by atoms with Crippen molar-refractivity contribution in [3.63, 3.8) is 0 Å². The largest absolute Gasteiger partial charge is 0.0610 e. The van der Waals surface area contributed by atoms with E-state index in [9.17, 15) is 0 Å². The Kier molecular flexibility index (Phi) is 24.9. The van der Waals surface area contributed by atoms with E-state index in [-0.39, 0.29) is 60.3 Å². The molecule has 0 aliphatic rings. The second-order valence-electron chi connectivity index (χ2n) is 25.1. The van der Waals surface area contributed by atoms with Gasteiger partial charge in [0.2, 0.25) is 0 Å². The van der Waals surface area contributed by atoms with Crippen LogP contribution in [0.5, 0.6) is 0 Å². The van der Waals surface area contributed by atoms with E-state index in [1.54, 1.807) is 0 Å². The first-order valence-corrected chi connectivity index (χ1v) is 28.4. The molecule has 6 aromatic carbocycles. The van der Waals surface area contributed by atoms with Crippen molar-refractivity contribution in [2.75, 3.05) is 0 Å². The fourth-order valence-electron chi connectivity index (χ4n) is 10.6. The molecule has 0 nitrogen and oxygen atoms in total. The molecule has 0 unspecified atom stereocenters. The van der Waals surface area contributed by atoms with Gasteiger partial charge in [-0.1, -0.05) is 251 Å². The zero-order valence-electron chi connectivity index (χ0n) is 51.0. The molecule has 0 aliphatic carbocycles. The molecule has 0 heterocycles. The third-order valence-electron chi connectivity index (χ3n) is 15.2. The first-order chi connectivity index (χ1) is 33.7. The van der Waals surface area contributed by atoms with Crippen molar-refractivity contribution in [2.24, 2.45) is 0 Å². The summed E-state index contributed by atoms with van der Waals surface area (Å²) in [4.78, 5) is 0. The van der Waals surface area contributed by atoms with E-state index in [1.165, 1.54) is 111 Å². The van der Waals surface area contributed by atoms with Gasteiger partial charge in [0.1, 0.15) is 0 Å². The van der Waals surface area contributed by atoms with Gasteiger partial charge in [-0.2, -0.15) is 0 Å². The van der Waals surface area contributed by atoms with E-state index in [2.05, 4.69) is 263 Å². The first-order valence-electron chi connectivity index (χ1n) is 28.4. The molecule has 0 fully saturated rings. The van der Waals surface area contributed by atoms with Gasteiger partial charge in [0.05, 0.1) is 0 Å². The number of hydrogen-bond acceptors (Lipinski definition) is 0. The smallest absolute Gasteiger partial charge is 0 e. The zero-order valence-corrected chi connectivity index (χ0v) is 58.8. The Morgan fingerprint density at radius 2 is 0.365 bits per heavy atom. The van der Waals surface area contributed by atoms with Crippen molar-refractivity contribution < 1.29 is 5.71 Å². The minimum absolute atomic E-state index is 0. The molecule has 2 heteroatoms. The van der Waals surface area contributed by atoms with Crippen LogP contribution in [0.25, 0.3) is 44.5 Å². The van der Waals surface area contributed by atoms with E-state index in [1.807, 2.05) is 0 Å². The molecule has 402 valence electrons. The van der Waals surface area contributed by atoms with Crippen LogP contribution in [0.3, 0.4) is 0 Å². The Labute approximate surface area is 501 Å². The van der Waals surface area contributed by atoms with Crippen LogP contribution in [0.2, 0.25) is 0 Å². The van der Waals surface area contributed by atoms with Gasteiger partial charge in [-0.05, 0) is 194 Å². The van der Waals surface area contributed by atoms with Crippen LogP contribution in [0.4, 0.5) is 0 Å². The topological polar surface area (TPSA) is 0 Å². The summed E-state index contributed by atoms with van der Waals surface area (Å²) in [6.07, 6.45) is 0. The molecule has 10 radical (unpaired) electrons. The second kappa shape index (κ2) is 28.2. The zero-order chi connectivity index (χ0) is 53.8. The molecule has 0 aliphatic heterocycles. The van der Waals surface area contributed by atoms with E-state index in [4.69, 9.17) is 0 Å². The molecule has 0 amide bonds. The summed E-state index contributed by atoms with van der Waals surface area (Å²) in [5, 5.41) is 0. The monoisotopic (exact) mass is 1390 g/mol. The molecule has 0 saturated carbocycles. The third-order valence-corrected chi connectivity index (χ3v) is 15.2. The summed E-state index contributed by atoms with van der Waals surface area (Å²) in [5.74, 6) is 5.72. The van der Waals surface area contributed by atoms with Gasteiger partial charge >= 0.3 is 0 Å². The summed E-state index contributed by atoms with van der Waals surface area (Å²) >= 11 is 0. The summed E-state index contributed by atoms with van der Waals surface area (Å²) < 4.78 is 0. The summed E-state index contributed by atoms with van der Waals surface area (Å²) in [7, 11) is 0. The maximum Gasteiger partial charge on any atom is 0 e. The summed E-state index contributed by atoms with van der Waals surface area (Å²) in [5.41, 5.74) is 27.8. The second-order valence-corrected chi connectivity index (χ2v) is 25.1. The van der Waals surface area contributed by atoms with Crippen molar-refractivity contribution in [1.82, 2.24) is 0 Å². The molecular weight excluding hydrogens is 1280 g/mol. The van der Waals surface area contributed by atoms with Crippen molar-refractivity contribution in [3.05, 3.63) is 164 Å². The Hall–Kier alpha value is -2.84. The maximum atomic E-state index is 3.96. The predicted octanol–water partition coefficient (Wildman–Crippen LogP) is 23.3. The number of rotatable bonds is 16. The summed E-state index contributed by atoms with van der Waals surface area (Å²) in [6, 6.07) is 41.1. The Bertz CT molecular complexity index is 2300. The molecule has 0 aromatic heterocycles. The van der Waals surface area contributed by atoms with Crippen molar-refractivity contribution in [1.29, 1.82) is 0 Å². The minimum atomic E-state index is 0. The first kappa shape index (κ1) is 65.4. The Morgan fingerprint density at radius 3 is 0.473 bits per heavy atom. The molecule has 0 saturated heterocycles. The molecule has 0 bridgehead atoms. The fourth-order valence-corrected chi connectivity index (χ4v) is 10.6. The third kappa shape index (κ3) is 15.3. The Balaban J connectivity index is 0. The average Bonchev–Trinajstić information content (AvgIpc) is 3.32. The maximum absolute atomic E-state index is 3.96. The van der Waals surface area contributed by atoms with Gasteiger partial charge in [-0.25, -0.2) is 0 Å². The van der Waals surface area contributed by atoms with Crippen LogP contribution in [0.15, 0.2) is 84.9 Å². The molecule has 0 spiro atoms. The summed E-state index contributed by atoms with van der Waals surface area (Å²) in [6.45, 7) is 55.7. The number of hydrogen-bond donors (Lipinski definition) is 0. The van der Waals surface area contributed by atoms with Crippen LogP contribution in [-0.2, 0) is 0 Å². The fraction of sp³-hybridized carbons (Fsp3) is 0.500. The van der Waals surface area contributed by atoms with Gasteiger partial charge in [0.25, 0.3) is 0 Å². The SMILES string of the molecule is CC(C)c1cc(C(C)C)c(-c2[c]c(-c3c(C(C)C)cc(C(C)C)cc3C(C)C)ccc2)c(C(C)C)c1.CC(C)c1cc(C(C)C)c(-c2[c]c(-c3c(C(C)C)cc(C(C)C)cc3C(C)C)ccc2)c(C(C)C)c1.[HH].[HH].[HH].[HH].[Pb].[Pb]. The van der Waals surface area contributed by atoms with E-state index in [0.717, 1.165) is 0 Å². The van der Waals surface area contributed by atoms with Crippen molar-refractivity contribution in [3.8, 4) is 44.5 Å². The van der Waals surface area contributed by atoms with Crippen LogP contribution >= 0.6 is 0 Å². The van der Waals surface area contributed by atoms with Gasteiger partial charge in [0, 0.05) is 60.3 Å². The van der Waals surface area contributed by atoms with Crippen molar-refractivity contribution in [2.45, 2.75) is 237 Å². The minimum Gasteiger partial charge on any atom is -0.0610 e. The Morgan fingerprint density at radius 1 is 0.230 bits per heavy atom. The van der Waals surface area contributed by atoms with E-state index in [0.29, 0.717) is 71.0 Å². The van der Waals surface area contributed by atoms with Gasteiger partial charge in [0.15, 0.2) is 0 Å². The van der Waals surface area contributed by atoms with E-state index >= 15 is 0 Å². The molecule has 0 N–H and O–H groups in total. The molecule has 6 aromatic rings. The molecule has 6 rings (SSSR count). The normalized spacial score (nSPS) is 11.9. The molecular formula is C72H106Pb2. The van der Waals surface area contributed by atoms with Crippen LogP contribution < -0.4 is 0 Å². The van der Waals surface area contributed by atoms with Crippen molar-refractivity contribution >= 4 is 54.6 Å². The van der Waals surface area contributed by atoms with Gasteiger partial charge in [-0.15, -0.1) is 0 Å². The quantitative estimate of drug-likeness (QED) is 0.0848. The predicted molar refractivity (Wildman–Crippen MR) is 341 cm³/mol.